The van der Waals surface area contributed by atoms with Gasteiger partial charge in [0.15, 0.2) is 11.5 Å². The van der Waals surface area contributed by atoms with Crippen LogP contribution in [0.15, 0.2) is 60.7 Å². The summed E-state index contributed by atoms with van der Waals surface area (Å²) in [5.41, 5.74) is 1.87. The fourth-order valence-electron chi connectivity index (χ4n) is 3.57. The molecule has 0 aromatic heterocycles. The SMILES string of the molecule is COc1cc(C(=O)Nc2ccc(C(C)C)cc2)c(N(Cc2ccccc2F)S(C)(=O)=O)cc1OC. The number of carbonyl (C=O) groups is 1. The van der Waals surface area contributed by atoms with Crippen molar-refractivity contribution in [2.24, 2.45) is 0 Å². The minimum absolute atomic E-state index is 0.0253. The largest absolute Gasteiger partial charge is 0.493 e. The number of methoxy groups -OCH3 is 2. The standard InChI is InChI=1S/C26H29FN2O5S/c1-17(2)18-10-12-20(13-11-18)28-26(30)21-14-24(33-3)25(34-4)15-23(21)29(35(5,31)32)16-19-8-6-7-9-22(19)27/h6-15,17H,16H2,1-5H3,(H,28,30). The number of benzene rings is 3. The summed E-state index contributed by atoms with van der Waals surface area (Å²) >= 11 is 0. The molecule has 35 heavy (non-hydrogen) atoms. The molecule has 3 aromatic rings. The molecule has 0 aliphatic heterocycles. The van der Waals surface area contributed by atoms with E-state index >= 15 is 0 Å². The number of rotatable bonds is 9. The molecule has 0 heterocycles. The predicted octanol–water partition coefficient (Wildman–Crippen LogP) is 5.18. The number of nitrogens with zero attached hydrogens (tertiary/aromatic N) is 1. The maximum Gasteiger partial charge on any atom is 0.257 e. The van der Waals surface area contributed by atoms with Gasteiger partial charge < -0.3 is 14.8 Å². The smallest absolute Gasteiger partial charge is 0.257 e. The molecule has 0 saturated heterocycles. The molecule has 1 amide bonds. The Balaban J connectivity index is 2.11. The van der Waals surface area contributed by atoms with E-state index in [2.05, 4.69) is 19.2 Å². The highest BCUT2D eigenvalue weighted by Crippen LogP contribution is 2.37. The lowest BCUT2D eigenvalue weighted by Crippen LogP contribution is -2.32. The van der Waals surface area contributed by atoms with Crippen molar-refractivity contribution in [2.45, 2.75) is 26.3 Å². The van der Waals surface area contributed by atoms with Crippen molar-refractivity contribution in [3.63, 3.8) is 0 Å². The molecule has 0 fully saturated rings. The first-order chi connectivity index (χ1) is 16.5. The minimum atomic E-state index is -3.93. The van der Waals surface area contributed by atoms with Gasteiger partial charge in [-0.25, -0.2) is 12.8 Å². The lowest BCUT2D eigenvalue weighted by molar-refractivity contribution is 0.102. The van der Waals surface area contributed by atoms with Gasteiger partial charge in [-0.2, -0.15) is 0 Å². The summed E-state index contributed by atoms with van der Waals surface area (Å²) in [6, 6.07) is 16.1. The van der Waals surface area contributed by atoms with Gasteiger partial charge in [0.25, 0.3) is 5.91 Å². The molecular weight excluding hydrogens is 471 g/mol. The summed E-state index contributed by atoms with van der Waals surface area (Å²) in [5, 5.41) is 2.80. The van der Waals surface area contributed by atoms with Gasteiger partial charge in [-0.05, 0) is 35.7 Å². The van der Waals surface area contributed by atoms with E-state index in [0.29, 0.717) is 11.6 Å². The summed E-state index contributed by atoms with van der Waals surface area (Å²) < 4.78 is 51.8. The molecule has 186 valence electrons. The van der Waals surface area contributed by atoms with Gasteiger partial charge >= 0.3 is 0 Å². The van der Waals surface area contributed by atoms with Crippen LogP contribution in [-0.4, -0.2) is 34.8 Å². The Morgan fingerprint density at radius 1 is 1.00 bits per heavy atom. The van der Waals surface area contributed by atoms with E-state index in [0.717, 1.165) is 16.1 Å². The number of anilines is 2. The lowest BCUT2D eigenvalue weighted by Gasteiger charge is -2.26. The number of sulfonamides is 1. The molecule has 9 heteroatoms. The average Bonchev–Trinajstić information content (AvgIpc) is 2.82. The van der Waals surface area contributed by atoms with Gasteiger partial charge in [-0.3, -0.25) is 9.10 Å². The Hall–Kier alpha value is -3.59. The van der Waals surface area contributed by atoms with E-state index in [1.54, 1.807) is 18.2 Å². The number of halogens is 1. The monoisotopic (exact) mass is 500 g/mol. The molecule has 0 atom stereocenters. The summed E-state index contributed by atoms with van der Waals surface area (Å²) in [7, 11) is -1.11. The number of amides is 1. The Labute approximate surface area is 205 Å². The molecule has 0 bridgehead atoms. The highest BCUT2D eigenvalue weighted by Gasteiger charge is 2.27. The second-order valence-corrected chi connectivity index (χ2v) is 10.2. The van der Waals surface area contributed by atoms with E-state index in [1.807, 2.05) is 12.1 Å². The quantitative estimate of drug-likeness (QED) is 0.437. The van der Waals surface area contributed by atoms with Crippen LogP contribution in [0.5, 0.6) is 11.5 Å². The van der Waals surface area contributed by atoms with Gasteiger partial charge in [0, 0.05) is 17.3 Å². The van der Waals surface area contributed by atoms with Crippen molar-refractivity contribution in [2.75, 3.05) is 30.1 Å². The van der Waals surface area contributed by atoms with Gasteiger partial charge in [0.1, 0.15) is 5.82 Å². The highest BCUT2D eigenvalue weighted by molar-refractivity contribution is 7.92. The molecule has 0 aliphatic rings. The second kappa shape index (κ2) is 10.8. The van der Waals surface area contributed by atoms with Crippen molar-refractivity contribution >= 4 is 27.3 Å². The summed E-state index contributed by atoms with van der Waals surface area (Å²) in [4.78, 5) is 13.4. The van der Waals surface area contributed by atoms with E-state index in [4.69, 9.17) is 9.47 Å². The molecule has 0 aliphatic carbocycles. The Morgan fingerprint density at radius 2 is 1.60 bits per heavy atom. The third-order valence-corrected chi connectivity index (χ3v) is 6.65. The molecule has 0 saturated carbocycles. The zero-order chi connectivity index (χ0) is 25.8. The second-order valence-electron chi connectivity index (χ2n) is 8.32. The van der Waals surface area contributed by atoms with Crippen molar-refractivity contribution in [1.29, 1.82) is 0 Å². The number of hydrogen-bond acceptors (Lipinski definition) is 5. The average molecular weight is 501 g/mol. The van der Waals surface area contributed by atoms with Crippen LogP contribution in [0.1, 0.15) is 41.3 Å². The zero-order valence-corrected chi connectivity index (χ0v) is 21.1. The van der Waals surface area contributed by atoms with E-state index in [9.17, 15) is 17.6 Å². The lowest BCUT2D eigenvalue weighted by atomic mass is 10.0. The number of ether oxygens (including phenoxy) is 2. The molecule has 3 rings (SSSR count). The predicted molar refractivity (Wildman–Crippen MR) is 135 cm³/mol. The van der Waals surface area contributed by atoms with E-state index < -0.39 is 21.7 Å². The van der Waals surface area contributed by atoms with Crippen molar-refractivity contribution in [3.05, 3.63) is 83.2 Å². The molecule has 0 spiro atoms. The van der Waals surface area contributed by atoms with Crippen LogP contribution >= 0.6 is 0 Å². The molecule has 7 nitrogen and oxygen atoms in total. The van der Waals surface area contributed by atoms with E-state index in [-0.39, 0.29) is 34.9 Å². The molecule has 0 radical (unpaired) electrons. The van der Waals surface area contributed by atoms with Crippen LogP contribution in [0.2, 0.25) is 0 Å². The number of nitrogens with one attached hydrogen (secondary N) is 1. The van der Waals surface area contributed by atoms with Gasteiger partial charge in [0.2, 0.25) is 10.0 Å². The summed E-state index contributed by atoms with van der Waals surface area (Å²) in [6.45, 7) is 3.82. The fraction of sp³-hybridized carbons (Fsp3) is 0.269. The van der Waals surface area contributed by atoms with Gasteiger partial charge in [0.05, 0.1) is 38.3 Å². The van der Waals surface area contributed by atoms with Crippen LogP contribution in [-0.2, 0) is 16.6 Å². The molecular formula is C26H29FN2O5S. The van der Waals surface area contributed by atoms with Crippen LogP contribution in [0.3, 0.4) is 0 Å². The first kappa shape index (κ1) is 26.0. The van der Waals surface area contributed by atoms with Crippen molar-refractivity contribution < 1.29 is 27.1 Å². The topological polar surface area (TPSA) is 84.9 Å². The van der Waals surface area contributed by atoms with Crippen molar-refractivity contribution in [3.8, 4) is 11.5 Å². The van der Waals surface area contributed by atoms with Gasteiger partial charge in [-0.15, -0.1) is 0 Å². The maximum absolute atomic E-state index is 14.4. The van der Waals surface area contributed by atoms with Crippen LogP contribution < -0.4 is 19.1 Å². The first-order valence-electron chi connectivity index (χ1n) is 10.9. The van der Waals surface area contributed by atoms with E-state index in [1.165, 1.54) is 44.6 Å². The Morgan fingerprint density at radius 3 is 2.14 bits per heavy atom. The number of hydrogen-bond donors (Lipinski definition) is 1. The maximum atomic E-state index is 14.4. The van der Waals surface area contributed by atoms with Crippen molar-refractivity contribution in [1.82, 2.24) is 0 Å². The minimum Gasteiger partial charge on any atom is -0.493 e. The molecule has 3 aromatic carbocycles. The normalized spacial score (nSPS) is 11.3. The molecule has 0 unspecified atom stereocenters. The number of carbonyl (C=O) groups excluding carboxylic acids is 1. The summed E-state index contributed by atoms with van der Waals surface area (Å²) in [5.74, 6) is -0.310. The third kappa shape index (κ3) is 6.10. The Bertz CT molecular complexity index is 1310. The first-order valence-corrected chi connectivity index (χ1v) is 12.8. The Kier molecular flexibility index (Phi) is 8.01. The summed E-state index contributed by atoms with van der Waals surface area (Å²) in [6.07, 6.45) is 0.997. The highest BCUT2D eigenvalue weighted by atomic mass is 32.2. The third-order valence-electron chi connectivity index (χ3n) is 5.52. The molecule has 1 N–H and O–H groups in total. The van der Waals surface area contributed by atoms with Crippen LogP contribution in [0, 0.1) is 5.82 Å². The zero-order valence-electron chi connectivity index (χ0n) is 20.3. The fourth-order valence-corrected chi connectivity index (χ4v) is 4.45. The van der Waals surface area contributed by atoms with Crippen LogP contribution in [0.4, 0.5) is 15.8 Å². The van der Waals surface area contributed by atoms with Crippen LogP contribution in [0.25, 0.3) is 0 Å². The van der Waals surface area contributed by atoms with Gasteiger partial charge in [-0.1, -0.05) is 44.2 Å².